The first-order valence-electron chi connectivity index (χ1n) is 6.76. The van der Waals surface area contributed by atoms with Crippen LogP contribution >= 0.6 is 0 Å². The molecule has 1 aliphatic heterocycles. The summed E-state index contributed by atoms with van der Waals surface area (Å²) in [6.45, 7) is 1.01. The number of hydrogen-bond donors (Lipinski definition) is 3. The molecule has 1 aliphatic rings. The number of carbonyl (C=O) groups excluding carboxylic acids is 1. The fourth-order valence-corrected chi connectivity index (χ4v) is 2.72. The Balaban J connectivity index is 1.96. The second kappa shape index (κ2) is 4.67. The molecule has 0 radical (unpaired) electrons. The number of aromatic nitrogens is 2. The number of imidazole rings is 1. The first-order valence-corrected chi connectivity index (χ1v) is 6.76. The Morgan fingerprint density at radius 2 is 2.23 bits per heavy atom. The zero-order valence-electron chi connectivity index (χ0n) is 11.4. The molecule has 3 heterocycles. The lowest BCUT2D eigenvalue weighted by molar-refractivity contribution is -0.997. The molecule has 112 valence electrons. The van der Waals surface area contributed by atoms with Gasteiger partial charge in [-0.25, -0.2) is 10.2 Å². The van der Waals surface area contributed by atoms with Crippen molar-refractivity contribution in [3.63, 3.8) is 0 Å². The molecule has 0 bridgehead atoms. The van der Waals surface area contributed by atoms with Crippen molar-refractivity contribution in [3.8, 4) is 11.6 Å². The predicted molar refractivity (Wildman–Crippen MR) is 75.5 cm³/mol. The molecule has 4 rings (SSSR count). The van der Waals surface area contributed by atoms with Gasteiger partial charge in [0, 0.05) is 19.2 Å². The summed E-state index contributed by atoms with van der Waals surface area (Å²) < 4.78 is 7.23. The highest BCUT2D eigenvalue weighted by atomic mass is 16.8. The van der Waals surface area contributed by atoms with Gasteiger partial charge in [-0.1, -0.05) is 6.07 Å². The van der Waals surface area contributed by atoms with Crippen molar-refractivity contribution in [1.82, 2.24) is 14.9 Å². The maximum atomic E-state index is 12.1. The topological polar surface area (TPSA) is 108 Å². The second-order valence-corrected chi connectivity index (χ2v) is 4.99. The number of rotatable bonds is 2. The van der Waals surface area contributed by atoms with Crippen molar-refractivity contribution >= 4 is 22.8 Å². The highest BCUT2D eigenvalue weighted by molar-refractivity contribution is 6.06. The molecule has 1 unspecified atom stereocenters. The average Bonchev–Trinajstić information content (AvgIpc) is 3.07. The lowest BCUT2D eigenvalue weighted by Crippen LogP contribution is -2.99. The molecular weight excluding hydrogens is 288 g/mol. The molecular formula is C14H12N4O4. The Kier molecular flexibility index (Phi) is 2.76. The van der Waals surface area contributed by atoms with Gasteiger partial charge in [-0.15, -0.1) is 0 Å². The highest BCUT2D eigenvalue weighted by Gasteiger charge is 2.23. The Labute approximate surface area is 124 Å². The summed E-state index contributed by atoms with van der Waals surface area (Å²) in [4.78, 5) is 16.6. The number of benzene rings is 1. The van der Waals surface area contributed by atoms with Crippen LogP contribution in [0.25, 0.3) is 22.6 Å². The van der Waals surface area contributed by atoms with E-state index in [0.717, 1.165) is 5.52 Å². The SMILES string of the molecule is O=C1NCCn2c(-c3ccc([NH+]([O-])O)o3)nc3cccc1c32. The van der Waals surface area contributed by atoms with Gasteiger partial charge in [-0.2, -0.15) is 5.23 Å². The van der Waals surface area contributed by atoms with Gasteiger partial charge in [0.1, 0.15) is 0 Å². The number of amides is 1. The van der Waals surface area contributed by atoms with Crippen LogP contribution in [0.4, 0.5) is 5.88 Å². The normalized spacial score (nSPS) is 15.6. The monoisotopic (exact) mass is 300 g/mol. The second-order valence-electron chi connectivity index (χ2n) is 4.99. The standard InChI is InChI=1S/C14H12N4O4/c19-14-8-2-1-3-9-12(8)17(7-6-15-14)13(16-9)10-4-5-11(22-10)18(20)21/h1-5,18,20H,6-7H2,(H,15,19). The van der Waals surface area contributed by atoms with Crippen molar-refractivity contribution in [1.29, 1.82) is 0 Å². The summed E-state index contributed by atoms with van der Waals surface area (Å²) in [5.41, 5.74) is 1.97. The van der Waals surface area contributed by atoms with E-state index in [0.29, 0.717) is 35.8 Å². The van der Waals surface area contributed by atoms with E-state index >= 15 is 0 Å². The van der Waals surface area contributed by atoms with Gasteiger partial charge in [0.2, 0.25) is 0 Å². The zero-order chi connectivity index (χ0) is 15.3. The van der Waals surface area contributed by atoms with Crippen LogP contribution in [0.5, 0.6) is 0 Å². The molecule has 3 N–H and O–H groups in total. The number of nitrogens with one attached hydrogen (secondary N) is 2. The van der Waals surface area contributed by atoms with Crippen LogP contribution in [0.2, 0.25) is 0 Å². The van der Waals surface area contributed by atoms with E-state index in [4.69, 9.17) is 9.62 Å². The minimum absolute atomic E-state index is 0.138. The number of para-hydroxylation sites is 1. The van der Waals surface area contributed by atoms with Gasteiger partial charge in [-0.3, -0.25) is 4.79 Å². The number of furan rings is 1. The van der Waals surface area contributed by atoms with E-state index < -0.39 is 5.23 Å². The first kappa shape index (κ1) is 13.0. The molecule has 0 saturated heterocycles. The Bertz CT molecular complexity index is 880. The van der Waals surface area contributed by atoms with Gasteiger partial charge >= 0.3 is 5.88 Å². The van der Waals surface area contributed by atoms with E-state index in [1.54, 1.807) is 18.2 Å². The molecule has 1 aromatic carbocycles. The van der Waals surface area contributed by atoms with E-state index in [2.05, 4.69) is 10.3 Å². The van der Waals surface area contributed by atoms with Crippen molar-refractivity contribution in [2.45, 2.75) is 6.54 Å². The molecule has 1 atom stereocenters. The van der Waals surface area contributed by atoms with Crippen LogP contribution in [0.3, 0.4) is 0 Å². The minimum atomic E-state index is -1.13. The molecule has 8 nitrogen and oxygen atoms in total. The fourth-order valence-electron chi connectivity index (χ4n) is 2.72. The van der Waals surface area contributed by atoms with Crippen LogP contribution in [0, 0.1) is 5.21 Å². The summed E-state index contributed by atoms with van der Waals surface area (Å²) >= 11 is 0. The Hall–Kier alpha value is -2.68. The zero-order valence-corrected chi connectivity index (χ0v) is 11.4. The summed E-state index contributed by atoms with van der Waals surface area (Å²) in [5, 5.41) is 21.6. The molecule has 0 aliphatic carbocycles. The molecule has 0 fully saturated rings. The third-order valence-electron chi connectivity index (χ3n) is 3.67. The first-order chi connectivity index (χ1) is 10.6. The van der Waals surface area contributed by atoms with Crippen molar-refractivity contribution in [2.24, 2.45) is 0 Å². The molecule has 2 aromatic heterocycles. The summed E-state index contributed by atoms with van der Waals surface area (Å²) in [6, 6.07) is 8.31. The number of quaternary nitrogens is 1. The third-order valence-corrected chi connectivity index (χ3v) is 3.67. The van der Waals surface area contributed by atoms with Crippen LogP contribution < -0.4 is 10.5 Å². The number of carbonyl (C=O) groups is 1. The fraction of sp³-hybridized carbons (Fsp3) is 0.143. The molecule has 0 saturated carbocycles. The maximum absolute atomic E-state index is 12.1. The highest BCUT2D eigenvalue weighted by Crippen LogP contribution is 2.29. The number of hydrogen-bond acceptors (Lipinski definition) is 5. The third kappa shape index (κ3) is 1.82. The van der Waals surface area contributed by atoms with Crippen molar-refractivity contribution in [3.05, 3.63) is 41.1 Å². The Morgan fingerprint density at radius 3 is 3.00 bits per heavy atom. The number of nitrogens with zero attached hydrogens (tertiary/aromatic N) is 2. The Morgan fingerprint density at radius 1 is 1.36 bits per heavy atom. The van der Waals surface area contributed by atoms with E-state index in [1.807, 2.05) is 10.6 Å². The maximum Gasteiger partial charge on any atom is 0.328 e. The van der Waals surface area contributed by atoms with Crippen LogP contribution in [-0.4, -0.2) is 27.2 Å². The average molecular weight is 300 g/mol. The van der Waals surface area contributed by atoms with Crippen LogP contribution in [0.15, 0.2) is 34.7 Å². The smallest absolute Gasteiger partial charge is 0.328 e. The van der Waals surface area contributed by atoms with Gasteiger partial charge in [-0.05, 0) is 18.2 Å². The van der Waals surface area contributed by atoms with E-state index in [-0.39, 0.29) is 11.8 Å². The summed E-state index contributed by atoms with van der Waals surface area (Å²) in [6.07, 6.45) is 0. The predicted octanol–water partition coefficient (Wildman–Crippen LogP) is 0.443. The lowest BCUT2D eigenvalue weighted by Gasteiger charge is -2.07. The van der Waals surface area contributed by atoms with E-state index in [9.17, 15) is 10.0 Å². The molecule has 1 amide bonds. The van der Waals surface area contributed by atoms with Crippen LogP contribution in [-0.2, 0) is 6.54 Å². The van der Waals surface area contributed by atoms with Crippen LogP contribution in [0.1, 0.15) is 10.4 Å². The van der Waals surface area contributed by atoms with Crippen molar-refractivity contribution in [2.75, 3.05) is 6.54 Å². The largest absolute Gasteiger partial charge is 0.592 e. The molecule has 3 aromatic rings. The van der Waals surface area contributed by atoms with Gasteiger partial charge in [0.15, 0.2) is 11.6 Å². The minimum Gasteiger partial charge on any atom is -0.592 e. The van der Waals surface area contributed by atoms with Gasteiger partial charge < -0.3 is 19.5 Å². The summed E-state index contributed by atoms with van der Waals surface area (Å²) in [7, 11) is 0. The van der Waals surface area contributed by atoms with Gasteiger partial charge in [0.25, 0.3) is 5.91 Å². The summed E-state index contributed by atoms with van der Waals surface area (Å²) in [5.74, 6) is 0.611. The lowest BCUT2D eigenvalue weighted by atomic mass is 10.2. The van der Waals surface area contributed by atoms with E-state index in [1.165, 1.54) is 6.07 Å². The quantitative estimate of drug-likeness (QED) is 0.595. The molecule has 22 heavy (non-hydrogen) atoms. The van der Waals surface area contributed by atoms with Crippen molar-refractivity contribution < 1.29 is 19.6 Å². The molecule has 8 heteroatoms. The van der Waals surface area contributed by atoms with Gasteiger partial charge in [0.05, 0.1) is 16.6 Å². The molecule has 0 spiro atoms.